The van der Waals surface area contributed by atoms with Crippen LogP contribution in [0.15, 0.2) is 30.3 Å². The van der Waals surface area contributed by atoms with Gasteiger partial charge in [0.1, 0.15) is 6.04 Å². The van der Waals surface area contributed by atoms with Crippen molar-refractivity contribution >= 4 is 15.4 Å². The average molecular weight is 209 g/mol. The number of ether oxygens (including phenoxy) is 1. The molecule has 0 radical (unpaired) electrons. The van der Waals surface area contributed by atoms with Crippen molar-refractivity contribution in [2.24, 2.45) is 0 Å². The van der Waals surface area contributed by atoms with Gasteiger partial charge in [0.15, 0.2) is 6.23 Å². The van der Waals surface area contributed by atoms with E-state index in [1.54, 1.807) is 0 Å². The van der Waals surface area contributed by atoms with Gasteiger partial charge in [0.05, 0.1) is 0 Å². The summed E-state index contributed by atoms with van der Waals surface area (Å²) in [6.45, 7) is 1.83. The summed E-state index contributed by atoms with van der Waals surface area (Å²) in [4.78, 5) is 11.3. The lowest BCUT2D eigenvalue weighted by Crippen LogP contribution is -2.22. The number of rotatable bonds is 1. The number of esters is 1. The topological polar surface area (TPSA) is 29.5 Å². The number of hydrogen-bond acceptors (Lipinski definition) is 3. The quantitative estimate of drug-likeness (QED) is 0.521. The monoisotopic (exact) mass is 209 g/mol. The molecular weight excluding hydrogens is 197 g/mol. The van der Waals surface area contributed by atoms with Crippen LogP contribution in [0.1, 0.15) is 18.7 Å². The Morgan fingerprint density at radius 1 is 1.36 bits per heavy atom. The molecule has 14 heavy (non-hydrogen) atoms. The molecule has 3 nitrogen and oxygen atoms in total. The zero-order chi connectivity index (χ0) is 10.1. The van der Waals surface area contributed by atoms with Crippen molar-refractivity contribution in [2.45, 2.75) is 19.2 Å². The molecule has 0 spiro atoms. The maximum atomic E-state index is 11.3. The van der Waals surface area contributed by atoms with E-state index < -0.39 is 0 Å². The second-order valence-corrected chi connectivity index (χ2v) is 3.92. The van der Waals surface area contributed by atoms with Crippen molar-refractivity contribution in [1.82, 2.24) is 4.67 Å². The van der Waals surface area contributed by atoms with Crippen LogP contribution < -0.4 is 0 Å². The molecule has 2 rings (SSSR count). The number of nitrogens with zero attached hydrogens (tertiary/aromatic N) is 1. The van der Waals surface area contributed by atoms with Crippen molar-refractivity contribution in [2.75, 3.05) is 0 Å². The van der Waals surface area contributed by atoms with Gasteiger partial charge >= 0.3 is 5.97 Å². The SMILES string of the molecule is CC1C(=O)OC(c2ccccc2)N1P. The standard InChI is InChI=1S/C10H12NO2P/c1-7-10(12)13-9(11(7)14)8-5-3-2-4-6-8/h2-7,9H,14H2,1H3. The van der Waals surface area contributed by atoms with Crippen molar-refractivity contribution in [3.05, 3.63) is 35.9 Å². The lowest BCUT2D eigenvalue weighted by molar-refractivity contribution is -0.142. The summed E-state index contributed by atoms with van der Waals surface area (Å²) in [5.41, 5.74) is 1.00. The zero-order valence-corrected chi connectivity index (χ0v) is 9.04. The number of carbonyl (C=O) groups is 1. The normalized spacial score (nSPS) is 27.7. The van der Waals surface area contributed by atoms with E-state index in [1.165, 1.54) is 0 Å². The largest absolute Gasteiger partial charge is 0.440 e. The Kier molecular flexibility index (Phi) is 2.53. The molecule has 0 amide bonds. The van der Waals surface area contributed by atoms with Gasteiger partial charge in [0.2, 0.25) is 0 Å². The molecule has 1 aliphatic heterocycles. The van der Waals surface area contributed by atoms with Crippen LogP contribution >= 0.6 is 9.39 Å². The number of cyclic esters (lactones) is 1. The van der Waals surface area contributed by atoms with E-state index in [0.717, 1.165) is 5.56 Å². The predicted octanol–water partition coefficient (Wildman–Crippen LogP) is 1.72. The van der Waals surface area contributed by atoms with Gasteiger partial charge in [-0.05, 0) is 6.92 Å². The molecule has 1 fully saturated rings. The molecule has 1 aromatic rings. The van der Waals surface area contributed by atoms with E-state index in [9.17, 15) is 4.79 Å². The first-order chi connectivity index (χ1) is 6.70. The molecular formula is C10H12NO2P. The minimum absolute atomic E-state index is 0.172. The molecule has 0 bridgehead atoms. The van der Waals surface area contributed by atoms with E-state index in [0.29, 0.717) is 0 Å². The summed E-state index contributed by atoms with van der Waals surface area (Å²) in [5.74, 6) is -0.172. The molecule has 0 aliphatic carbocycles. The molecule has 74 valence electrons. The van der Waals surface area contributed by atoms with Crippen LogP contribution in [0.25, 0.3) is 0 Å². The molecule has 0 N–H and O–H groups in total. The van der Waals surface area contributed by atoms with Crippen LogP contribution in [-0.4, -0.2) is 16.7 Å². The van der Waals surface area contributed by atoms with Crippen LogP contribution in [0.2, 0.25) is 0 Å². The van der Waals surface area contributed by atoms with Crippen molar-refractivity contribution in [1.29, 1.82) is 0 Å². The smallest absolute Gasteiger partial charge is 0.325 e. The zero-order valence-electron chi connectivity index (χ0n) is 7.88. The summed E-state index contributed by atoms with van der Waals surface area (Å²) in [5, 5.41) is 0. The Morgan fingerprint density at radius 2 is 2.00 bits per heavy atom. The lowest BCUT2D eigenvalue weighted by Gasteiger charge is -2.18. The van der Waals surface area contributed by atoms with Crippen LogP contribution in [0.5, 0.6) is 0 Å². The Bertz CT molecular complexity index is 341. The second kappa shape index (κ2) is 3.68. The molecule has 1 aromatic carbocycles. The van der Waals surface area contributed by atoms with Crippen LogP contribution in [-0.2, 0) is 9.53 Å². The van der Waals surface area contributed by atoms with Gasteiger partial charge in [0, 0.05) is 5.56 Å². The van der Waals surface area contributed by atoms with E-state index >= 15 is 0 Å². The van der Waals surface area contributed by atoms with E-state index in [4.69, 9.17) is 4.74 Å². The summed E-state index contributed by atoms with van der Waals surface area (Å²) in [6.07, 6.45) is -0.260. The molecule has 3 atom stereocenters. The fraction of sp³-hybridized carbons (Fsp3) is 0.300. The Labute approximate surface area is 85.3 Å². The van der Waals surface area contributed by atoms with Gasteiger partial charge in [-0.3, -0.25) is 4.79 Å². The maximum absolute atomic E-state index is 11.3. The first-order valence-corrected chi connectivity index (χ1v) is 5.00. The highest BCUT2D eigenvalue weighted by molar-refractivity contribution is 7.13. The van der Waals surface area contributed by atoms with Crippen LogP contribution in [0, 0.1) is 0 Å². The minimum atomic E-state index is -0.260. The molecule has 1 saturated heterocycles. The fourth-order valence-corrected chi connectivity index (χ4v) is 1.81. The fourth-order valence-electron chi connectivity index (χ4n) is 1.45. The lowest BCUT2D eigenvalue weighted by atomic mass is 10.2. The van der Waals surface area contributed by atoms with Gasteiger partial charge in [-0.1, -0.05) is 39.7 Å². The highest BCUT2D eigenvalue weighted by atomic mass is 31.0. The Hall–Kier alpha value is -0.920. The summed E-state index contributed by atoms with van der Waals surface area (Å²) in [7, 11) is 2.54. The van der Waals surface area contributed by atoms with Crippen LogP contribution in [0.4, 0.5) is 0 Å². The average Bonchev–Trinajstić information content (AvgIpc) is 2.47. The summed E-state index contributed by atoms with van der Waals surface area (Å²) in [6, 6.07) is 9.52. The van der Waals surface area contributed by atoms with Gasteiger partial charge in [0.25, 0.3) is 0 Å². The van der Waals surface area contributed by atoms with Crippen LogP contribution in [0.3, 0.4) is 0 Å². The van der Waals surface area contributed by atoms with E-state index in [2.05, 4.69) is 9.39 Å². The molecule has 0 saturated carbocycles. The van der Waals surface area contributed by atoms with Crippen molar-refractivity contribution < 1.29 is 9.53 Å². The predicted molar refractivity (Wildman–Crippen MR) is 56.3 cm³/mol. The number of benzene rings is 1. The summed E-state index contributed by atoms with van der Waals surface area (Å²) < 4.78 is 7.08. The third-order valence-corrected chi connectivity index (χ3v) is 3.09. The van der Waals surface area contributed by atoms with E-state index in [1.807, 2.05) is 41.9 Å². The van der Waals surface area contributed by atoms with Gasteiger partial charge in [-0.2, -0.15) is 0 Å². The third-order valence-electron chi connectivity index (χ3n) is 2.37. The van der Waals surface area contributed by atoms with Gasteiger partial charge in [-0.15, -0.1) is 0 Å². The highest BCUT2D eigenvalue weighted by Gasteiger charge is 2.37. The molecule has 1 heterocycles. The van der Waals surface area contributed by atoms with E-state index in [-0.39, 0.29) is 18.2 Å². The first kappa shape index (κ1) is 9.63. The Morgan fingerprint density at radius 3 is 2.50 bits per heavy atom. The molecule has 3 unspecified atom stereocenters. The van der Waals surface area contributed by atoms with Crippen molar-refractivity contribution in [3.8, 4) is 0 Å². The molecule has 4 heteroatoms. The number of hydrogen-bond donors (Lipinski definition) is 0. The van der Waals surface area contributed by atoms with Gasteiger partial charge < -0.3 is 4.74 Å². The third kappa shape index (κ3) is 1.54. The van der Waals surface area contributed by atoms with Gasteiger partial charge in [-0.25, -0.2) is 4.67 Å². The van der Waals surface area contributed by atoms with Crippen molar-refractivity contribution in [3.63, 3.8) is 0 Å². The second-order valence-electron chi connectivity index (χ2n) is 3.32. The minimum Gasteiger partial charge on any atom is -0.440 e. The first-order valence-electron chi connectivity index (χ1n) is 4.48. The maximum Gasteiger partial charge on any atom is 0.325 e. The highest BCUT2D eigenvalue weighted by Crippen LogP contribution is 2.33. The summed E-state index contributed by atoms with van der Waals surface area (Å²) >= 11 is 0. The molecule has 1 aliphatic rings. The number of carbonyl (C=O) groups excluding carboxylic acids is 1. The molecule has 0 aromatic heterocycles. The Balaban J connectivity index is 2.26.